The van der Waals surface area contributed by atoms with E-state index in [9.17, 15) is 4.79 Å². The minimum absolute atomic E-state index is 0.0239. The molecule has 0 saturated carbocycles. The second-order valence-corrected chi connectivity index (χ2v) is 3.63. The van der Waals surface area contributed by atoms with Crippen molar-refractivity contribution in [2.75, 3.05) is 0 Å². The summed E-state index contributed by atoms with van der Waals surface area (Å²) in [6.07, 6.45) is 5.29. The number of terminal acetylenes is 1. The molecule has 0 radical (unpaired) electrons. The van der Waals surface area contributed by atoms with Gasteiger partial charge in [-0.25, -0.2) is 0 Å². The van der Waals surface area contributed by atoms with Crippen molar-refractivity contribution in [3.63, 3.8) is 0 Å². The summed E-state index contributed by atoms with van der Waals surface area (Å²) in [5.74, 6) is 2.36. The maximum absolute atomic E-state index is 11.8. The fourth-order valence-electron chi connectivity index (χ4n) is 1.73. The van der Waals surface area contributed by atoms with Gasteiger partial charge in [-0.05, 0) is 19.1 Å². The van der Waals surface area contributed by atoms with E-state index in [2.05, 4.69) is 10.9 Å². The largest absolute Gasteiger partial charge is 0.293 e. The van der Waals surface area contributed by atoms with E-state index in [1.807, 2.05) is 31.2 Å². The Morgan fingerprint density at radius 3 is 2.94 bits per heavy atom. The SMILES string of the molecule is C#CCC(=O)c1cc(C)nc2ccccc12. The van der Waals surface area contributed by atoms with Gasteiger partial charge in [0.25, 0.3) is 0 Å². The zero-order chi connectivity index (χ0) is 11.5. The first-order valence-corrected chi connectivity index (χ1v) is 5.05. The van der Waals surface area contributed by atoms with Gasteiger partial charge in [-0.3, -0.25) is 9.78 Å². The molecule has 2 rings (SSSR count). The molecule has 0 fully saturated rings. The Labute approximate surface area is 94.3 Å². The molecule has 0 amide bonds. The van der Waals surface area contributed by atoms with Crippen LogP contribution in [0.25, 0.3) is 10.9 Å². The van der Waals surface area contributed by atoms with E-state index in [1.165, 1.54) is 0 Å². The maximum atomic E-state index is 11.8. The van der Waals surface area contributed by atoms with Crippen LogP contribution in [-0.2, 0) is 0 Å². The maximum Gasteiger partial charge on any atom is 0.175 e. The van der Waals surface area contributed by atoms with Crippen LogP contribution in [0.1, 0.15) is 22.5 Å². The lowest BCUT2D eigenvalue weighted by atomic mass is 10.0. The fourth-order valence-corrected chi connectivity index (χ4v) is 1.73. The summed E-state index contributed by atoms with van der Waals surface area (Å²) in [4.78, 5) is 16.2. The second-order valence-electron chi connectivity index (χ2n) is 3.63. The second kappa shape index (κ2) is 4.16. The van der Waals surface area contributed by atoms with Crippen molar-refractivity contribution in [3.05, 3.63) is 41.6 Å². The van der Waals surface area contributed by atoms with E-state index >= 15 is 0 Å². The molecule has 78 valence electrons. The van der Waals surface area contributed by atoms with Gasteiger partial charge in [-0.2, -0.15) is 0 Å². The van der Waals surface area contributed by atoms with Crippen LogP contribution in [0.3, 0.4) is 0 Å². The molecule has 16 heavy (non-hydrogen) atoms. The predicted octanol–water partition coefficient (Wildman–Crippen LogP) is 2.75. The topological polar surface area (TPSA) is 30.0 Å². The smallest absolute Gasteiger partial charge is 0.175 e. The Kier molecular flexibility index (Phi) is 2.70. The molecule has 1 aromatic carbocycles. The summed E-state index contributed by atoms with van der Waals surface area (Å²) in [6, 6.07) is 9.39. The average molecular weight is 209 g/mol. The number of Topliss-reactive ketones (excluding diaryl/α,β-unsaturated/α-hetero) is 1. The van der Waals surface area contributed by atoms with E-state index in [4.69, 9.17) is 6.42 Å². The number of benzene rings is 1. The standard InChI is InChI=1S/C14H11NO/c1-3-6-14(16)12-9-10(2)15-13-8-5-4-7-11(12)13/h1,4-5,7-9H,6H2,2H3. The highest BCUT2D eigenvalue weighted by Crippen LogP contribution is 2.19. The van der Waals surface area contributed by atoms with E-state index in [-0.39, 0.29) is 12.2 Å². The Balaban J connectivity index is 2.68. The Hall–Kier alpha value is -2.14. The molecule has 0 saturated heterocycles. The molecule has 0 unspecified atom stereocenters. The first-order chi connectivity index (χ1) is 7.72. The van der Waals surface area contributed by atoms with E-state index in [0.29, 0.717) is 5.56 Å². The minimum atomic E-state index is -0.0239. The van der Waals surface area contributed by atoms with Gasteiger partial charge in [0.05, 0.1) is 11.9 Å². The third-order valence-electron chi connectivity index (χ3n) is 2.41. The molecule has 2 nitrogen and oxygen atoms in total. The zero-order valence-corrected chi connectivity index (χ0v) is 9.03. The molecule has 0 aliphatic rings. The Morgan fingerprint density at radius 2 is 2.19 bits per heavy atom. The lowest BCUT2D eigenvalue weighted by Gasteiger charge is -2.05. The van der Waals surface area contributed by atoms with Crippen LogP contribution < -0.4 is 0 Å². The van der Waals surface area contributed by atoms with Crippen LogP contribution >= 0.6 is 0 Å². The Bertz CT molecular complexity index is 593. The highest BCUT2D eigenvalue weighted by molar-refractivity contribution is 6.08. The van der Waals surface area contributed by atoms with Crippen molar-refractivity contribution in [3.8, 4) is 12.3 Å². The van der Waals surface area contributed by atoms with Gasteiger partial charge < -0.3 is 0 Å². The summed E-state index contributed by atoms with van der Waals surface area (Å²) in [7, 11) is 0. The molecule has 0 bridgehead atoms. The number of hydrogen-bond acceptors (Lipinski definition) is 2. The van der Waals surface area contributed by atoms with Crippen molar-refractivity contribution < 1.29 is 4.79 Å². The van der Waals surface area contributed by atoms with Crippen molar-refractivity contribution >= 4 is 16.7 Å². The third-order valence-corrected chi connectivity index (χ3v) is 2.41. The number of aryl methyl sites for hydroxylation is 1. The highest BCUT2D eigenvalue weighted by atomic mass is 16.1. The van der Waals surface area contributed by atoms with Gasteiger partial charge in [-0.15, -0.1) is 6.42 Å². The summed E-state index contributed by atoms with van der Waals surface area (Å²) in [5, 5.41) is 0.869. The number of pyridine rings is 1. The third kappa shape index (κ3) is 1.80. The molecular weight excluding hydrogens is 198 g/mol. The van der Waals surface area contributed by atoms with Crippen LogP contribution in [0.5, 0.6) is 0 Å². The number of carbonyl (C=O) groups excluding carboxylic acids is 1. The Morgan fingerprint density at radius 1 is 1.44 bits per heavy atom. The minimum Gasteiger partial charge on any atom is -0.293 e. The van der Waals surface area contributed by atoms with E-state index in [1.54, 1.807) is 6.07 Å². The number of para-hydroxylation sites is 1. The first kappa shape index (κ1) is 10.4. The van der Waals surface area contributed by atoms with Gasteiger partial charge >= 0.3 is 0 Å². The van der Waals surface area contributed by atoms with E-state index < -0.39 is 0 Å². The average Bonchev–Trinajstić information content (AvgIpc) is 2.28. The number of aromatic nitrogens is 1. The van der Waals surface area contributed by atoms with E-state index in [0.717, 1.165) is 16.6 Å². The molecule has 1 heterocycles. The number of carbonyl (C=O) groups is 1. The summed E-state index contributed by atoms with van der Waals surface area (Å²) >= 11 is 0. The normalized spacial score (nSPS) is 10.0. The summed E-state index contributed by atoms with van der Waals surface area (Å²) in [6.45, 7) is 1.87. The van der Waals surface area contributed by atoms with Gasteiger partial charge in [0.1, 0.15) is 0 Å². The van der Waals surface area contributed by atoms with Crippen molar-refractivity contribution in [1.82, 2.24) is 4.98 Å². The molecule has 0 aliphatic heterocycles. The molecule has 0 N–H and O–H groups in total. The summed E-state index contributed by atoms with van der Waals surface area (Å²) in [5.41, 5.74) is 2.34. The number of rotatable bonds is 2. The van der Waals surface area contributed by atoms with Gasteiger partial charge in [0.15, 0.2) is 5.78 Å². The lowest BCUT2D eigenvalue weighted by molar-refractivity contribution is 0.0999. The predicted molar refractivity (Wildman–Crippen MR) is 64.3 cm³/mol. The number of fused-ring (bicyclic) bond motifs is 1. The van der Waals surface area contributed by atoms with Crippen molar-refractivity contribution in [2.24, 2.45) is 0 Å². The molecule has 2 aromatic rings. The molecule has 0 atom stereocenters. The number of nitrogens with zero attached hydrogens (tertiary/aromatic N) is 1. The molecular formula is C14H11NO. The molecule has 0 aliphatic carbocycles. The van der Waals surface area contributed by atoms with Crippen LogP contribution in [0.15, 0.2) is 30.3 Å². The first-order valence-electron chi connectivity index (χ1n) is 5.05. The van der Waals surface area contributed by atoms with Gasteiger partial charge in [0, 0.05) is 16.6 Å². The molecule has 1 aromatic heterocycles. The van der Waals surface area contributed by atoms with Crippen LogP contribution in [0.4, 0.5) is 0 Å². The van der Waals surface area contributed by atoms with Gasteiger partial charge in [-0.1, -0.05) is 24.1 Å². The van der Waals surface area contributed by atoms with Crippen LogP contribution in [0, 0.1) is 19.3 Å². The number of ketones is 1. The fraction of sp³-hybridized carbons (Fsp3) is 0.143. The van der Waals surface area contributed by atoms with Gasteiger partial charge in [0.2, 0.25) is 0 Å². The quantitative estimate of drug-likeness (QED) is 0.562. The highest BCUT2D eigenvalue weighted by Gasteiger charge is 2.10. The zero-order valence-electron chi connectivity index (χ0n) is 9.03. The summed E-state index contributed by atoms with van der Waals surface area (Å²) < 4.78 is 0. The van der Waals surface area contributed by atoms with Crippen LogP contribution in [-0.4, -0.2) is 10.8 Å². The molecule has 2 heteroatoms. The monoisotopic (exact) mass is 209 g/mol. The van der Waals surface area contributed by atoms with Crippen LogP contribution in [0.2, 0.25) is 0 Å². The molecule has 0 spiro atoms. The van der Waals surface area contributed by atoms with Crippen molar-refractivity contribution in [1.29, 1.82) is 0 Å². The van der Waals surface area contributed by atoms with Crippen molar-refractivity contribution in [2.45, 2.75) is 13.3 Å². The lowest BCUT2D eigenvalue weighted by Crippen LogP contribution is -2.00. The number of hydrogen-bond donors (Lipinski definition) is 0.